The Kier molecular flexibility index (Phi) is 4.65. The van der Waals surface area contributed by atoms with Gasteiger partial charge in [-0.1, -0.05) is 17.7 Å². The van der Waals surface area contributed by atoms with Crippen LogP contribution in [0.4, 0.5) is 13.2 Å². The van der Waals surface area contributed by atoms with Crippen LogP contribution in [0.15, 0.2) is 54.7 Å². The molecule has 2 aromatic carbocycles. The van der Waals surface area contributed by atoms with Gasteiger partial charge in [0.25, 0.3) is 0 Å². The van der Waals surface area contributed by atoms with E-state index in [0.717, 1.165) is 28.1 Å². The summed E-state index contributed by atoms with van der Waals surface area (Å²) in [5, 5.41) is 11.0. The maximum Gasteiger partial charge on any atom is 0.212 e. The van der Waals surface area contributed by atoms with Crippen molar-refractivity contribution in [2.75, 3.05) is 0 Å². The fourth-order valence-electron chi connectivity index (χ4n) is 3.53. The molecule has 0 bridgehead atoms. The zero-order chi connectivity index (χ0) is 19.8. The lowest BCUT2D eigenvalue weighted by atomic mass is 10.0. The highest BCUT2D eigenvalue weighted by Crippen LogP contribution is 2.36. The molecule has 0 unspecified atom stereocenters. The third kappa shape index (κ3) is 3.16. The molecule has 0 atom stereocenters. The van der Waals surface area contributed by atoms with Crippen molar-refractivity contribution in [3.05, 3.63) is 89.1 Å². The number of aliphatic hydroxyl groups excluding tert-OH is 1. The first kappa shape index (κ1) is 18.3. The van der Waals surface area contributed by atoms with Crippen LogP contribution in [0, 0.1) is 24.5 Å². The first-order chi connectivity index (χ1) is 13.5. The van der Waals surface area contributed by atoms with Gasteiger partial charge in [-0.25, -0.2) is 13.8 Å². The Morgan fingerprint density at radius 1 is 1.00 bits per heavy atom. The van der Waals surface area contributed by atoms with E-state index in [4.69, 9.17) is 0 Å². The predicted molar refractivity (Wildman–Crippen MR) is 101 cm³/mol. The number of pyridine rings is 1. The summed E-state index contributed by atoms with van der Waals surface area (Å²) in [4.78, 5) is 3.72. The van der Waals surface area contributed by atoms with Gasteiger partial charge in [-0.2, -0.15) is 4.39 Å². The normalized spacial score (nSPS) is 11.3. The Bertz CT molecular complexity index is 1170. The van der Waals surface area contributed by atoms with E-state index in [-0.39, 0.29) is 13.2 Å². The summed E-state index contributed by atoms with van der Waals surface area (Å²) in [6.07, 6.45) is 1.41. The molecule has 4 rings (SSSR count). The summed E-state index contributed by atoms with van der Waals surface area (Å²) in [6, 6.07) is 12.1. The van der Waals surface area contributed by atoms with Gasteiger partial charge in [0.2, 0.25) is 5.95 Å². The predicted octanol–water partition coefficient (Wildman–Crippen LogP) is 4.97. The van der Waals surface area contributed by atoms with Crippen LogP contribution in [-0.4, -0.2) is 14.7 Å². The number of benzene rings is 2. The number of fused-ring (bicyclic) bond motifs is 1. The van der Waals surface area contributed by atoms with Crippen molar-refractivity contribution in [2.24, 2.45) is 0 Å². The van der Waals surface area contributed by atoms with Crippen LogP contribution in [0.2, 0.25) is 0 Å². The number of rotatable bonds is 4. The van der Waals surface area contributed by atoms with Gasteiger partial charge in [-0.15, -0.1) is 0 Å². The Labute approximate surface area is 159 Å². The summed E-state index contributed by atoms with van der Waals surface area (Å²) in [7, 11) is 0. The molecule has 3 nitrogen and oxygen atoms in total. The van der Waals surface area contributed by atoms with Crippen molar-refractivity contribution in [3.63, 3.8) is 0 Å². The van der Waals surface area contributed by atoms with Crippen LogP contribution < -0.4 is 0 Å². The topological polar surface area (TPSA) is 38.1 Å². The number of hydrogen-bond donors (Lipinski definition) is 1. The van der Waals surface area contributed by atoms with E-state index < -0.39 is 17.6 Å². The SMILES string of the molecule is Cc1ccc2c(c1)c(-c1ccc(F)nc1)c(CO)n2Cc1ccc(F)cc1F. The molecule has 2 heterocycles. The van der Waals surface area contributed by atoms with Gasteiger partial charge >= 0.3 is 0 Å². The molecule has 0 aliphatic rings. The molecule has 0 fully saturated rings. The highest BCUT2D eigenvalue weighted by molar-refractivity contribution is 5.98. The lowest BCUT2D eigenvalue weighted by Crippen LogP contribution is -2.07. The van der Waals surface area contributed by atoms with E-state index >= 15 is 0 Å². The van der Waals surface area contributed by atoms with Gasteiger partial charge in [-0.05, 0) is 37.3 Å². The van der Waals surface area contributed by atoms with Crippen molar-refractivity contribution in [1.29, 1.82) is 0 Å². The molecule has 0 saturated carbocycles. The molecule has 142 valence electrons. The molecule has 0 radical (unpaired) electrons. The number of aliphatic hydroxyl groups is 1. The van der Waals surface area contributed by atoms with Crippen molar-refractivity contribution in [1.82, 2.24) is 9.55 Å². The average molecular weight is 382 g/mol. The number of aryl methyl sites for hydroxylation is 1. The highest BCUT2D eigenvalue weighted by Gasteiger charge is 2.19. The minimum absolute atomic E-state index is 0.121. The number of halogens is 3. The summed E-state index contributed by atoms with van der Waals surface area (Å²) < 4.78 is 42.6. The molecule has 0 spiro atoms. The van der Waals surface area contributed by atoms with Gasteiger partial charge in [0.15, 0.2) is 0 Å². The van der Waals surface area contributed by atoms with Gasteiger partial charge in [0.1, 0.15) is 11.6 Å². The molecule has 0 amide bonds. The Balaban J connectivity index is 1.97. The largest absolute Gasteiger partial charge is 0.390 e. The average Bonchev–Trinajstić information content (AvgIpc) is 2.97. The van der Waals surface area contributed by atoms with Gasteiger partial charge in [0, 0.05) is 39.9 Å². The van der Waals surface area contributed by atoms with Crippen LogP contribution in [0.5, 0.6) is 0 Å². The van der Waals surface area contributed by atoms with Crippen molar-refractivity contribution >= 4 is 10.9 Å². The van der Waals surface area contributed by atoms with Gasteiger partial charge < -0.3 is 9.67 Å². The van der Waals surface area contributed by atoms with Crippen molar-refractivity contribution in [3.8, 4) is 11.1 Å². The molecule has 2 aromatic heterocycles. The van der Waals surface area contributed by atoms with E-state index in [1.54, 1.807) is 10.6 Å². The summed E-state index contributed by atoms with van der Waals surface area (Å²) in [5.41, 5.74) is 4.03. The number of hydrogen-bond acceptors (Lipinski definition) is 2. The minimum Gasteiger partial charge on any atom is -0.390 e. The van der Waals surface area contributed by atoms with Crippen LogP contribution in [0.1, 0.15) is 16.8 Å². The van der Waals surface area contributed by atoms with E-state index in [9.17, 15) is 18.3 Å². The fourth-order valence-corrected chi connectivity index (χ4v) is 3.53. The Hall–Kier alpha value is -3.12. The third-order valence-electron chi connectivity index (χ3n) is 4.84. The maximum atomic E-state index is 14.2. The third-order valence-corrected chi connectivity index (χ3v) is 4.84. The molecular weight excluding hydrogens is 365 g/mol. The smallest absolute Gasteiger partial charge is 0.212 e. The van der Waals surface area contributed by atoms with E-state index in [1.807, 2.05) is 25.1 Å². The second kappa shape index (κ2) is 7.13. The van der Waals surface area contributed by atoms with Gasteiger partial charge in [0.05, 0.1) is 18.8 Å². The molecule has 6 heteroatoms. The van der Waals surface area contributed by atoms with Crippen molar-refractivity contribution < 1.29 is 18.3 Å². The first-order valence-electron chi connectivity index (χ1n) is 8.76. The fraction of sp³-hybridized carbons (Fsp3) is 0.136. The number of aromatic nitrogens is 2. The second-order valence-electron chi connectivity index (χ2n) is 6.69. The summed E-state index contributed by atoms with van der Waals surface area (Å²) in [5.74, 6) is -1.89. The second-order valence-corrected chi connectivity index (χ2v) is 6.69. The zero-order valence-corrected chi connectivity index (χ0v) is 15.1. The lowest BCUT2D eigenvalue weighted by molar-refractivity contribution is 0.272. The Morgan fingerprint density at radius 2 is 1.82 bits per heavy atom. The molecule has 0 saturated heterocycles. The highest BCUT2D eigenvalue weighted by atomic mass is 19.1. The molecule has 0 aliphatic heterocycles. The quantitative estimate of drug-likeness (QED) is 0.506. The molecule has 1 N–H and O–H groups in total. The van der Waals surface area contributed by atoms with Crippen LogP contribution in [-0.2, 0) is 13.2 Å². The summed E-state index contributed by atoms with van der Waals surface area (Å²) in [6.45, 7) is 1.77. The zero-order valence-electron chi connectivity index (χ0n) is 15.1. The molecule has 0 aliphatic carbocycles. The molecule has 28 heavy (non-hydrogen) atoms. The monoisotopic (exact) mass is 382 g/mol. The van der Waals surface area contributed by atoms with Crippen LogP contribution in [0.3, 0.4) is 0 Å². The Morgan fingerprint density at radius 3 is 2.50 bits per heavy atom. The van der Waals surface area contributed by atoms with Gasteiger partial charge in [-0.3, -0.25) is 0 Å². The van der Waals surface area contributed by atoms with E-state index in [1.165, 1.54) is 24.4 Å². The summed E-state index contributed by atoms with van der Waals surface area (Å²) >= 11 is 0. The maximum absolute atomic E-state index is 14.2. The van der Waals surface area contributed by atoms with E-state index in [2.05, 4.69) is 4.98 Å². The lowest BCUT2D eigenvalue weighted by Gasteiger charge is -2.11. The van der Waals surface area contributed by atoms with Crippen molar-refractivity contribution in [2.45, 2.75) is 20.1 Å². The van der Waals surface area contributed by atoms with Crippen LogP contribution >= 0.6 is 0 Å². The van der Waals surface area contributed by atoms with Crippen LogP contribution in [0.25, 0.3) is 22.0 Å². The number of nitrogens with zero attached hydrogens (tertiary/aromatic N) is 2. The minimum atomic E-state index is -0.650. The first-order valence-corrected chi connectivity index (χ1v) is 8.76. The van der Waals surface area contributed by atoms with E-state index in [0.29, 0.717) is 16.8 Å². The standard InChI is InChI=1S/C22H17F3N2O/c1-13-2-6-19-17(8-13)22(14-4-7-21(25)26-10-14)20(12-28)27(19)11-15-3-5-16(23)9-18(15)24/h2-10,28H,11-12H2,1H3. The molecule has 4 aromatic rings. The molecular formula is C22H17F3N2O.